The summed E-state index contributed by atoms with van der Waals surface area (Å²) >= 11 is -3.27. The summed E-state index contributed by atoms with van der Waals surface area (Å²) in [6.07, 6.45) is 3.63. The van der Waals surface area contributed by atoms with Crippen molar-refractivity contribution >= 4 is 38.2 Å². The summed E-state index contributed by atoms with van der Waals surface area (Å²) in [5.41, 5.74) is 1.01. The molecular weight excluding hydrogens is 524 g/mol. The van der Waals surface area contributed by atoms with Crippen molar-refractivity contribution in [1.82, 2.24) is 0 Å². The molecule has 0 heterocycles. The van der Waals surface area contributed by atoms with E-state index >= 15 is 0 Å². The van der Waals surface area contributed by atoms with Gasteiger partial charge >= 0.3 is 193 Å². The molecular formula is C23H30ClNO5Sn. The van der Waals surface area contributed by atoms with Gasteiger partial charge in [0.15, 0.2) is 0 Å². The fourth-order valence-electron chi connectivity index (χ4n) is 3.16. The second-order valence-electron chi connectivity index (χ2n) is 7.51. The average molecular weight is 555 g/mol. The van der Waals surface area contributed by atoms with Crippen LogP contribution in [-0.2, 0) is 7.81 Å². The number of hydrogen-bond donors (Lipinski definition) is 0. The number of carbonyl (C=O) groups is 1. The number of nitro benzene ring substituents is 1. The fraction of sp³-hybridized carbons (Fsp3) is 0.435. The van der Waals surface area contributed by atoms with Gasteiger partial charge in [-0.3, -0.25) is 0 Å². The minimum absolute atomic E-state index is 0.0765. The van der Waals surface area contributed by atoms with E-state index in [0.717, 1.165) is 40.1 Å². The first-order valence-electron chi connectivity index (χ1n) is 10.7. The molecule has 1 unspecified atom stereocenters. The van der Waals surface area contributed by atoms with Gasteiger partial charge in [0, 0.05) is 0 Å². The minimum atomic E-state index is -3.27. The predicted octanol–water partition coefficient (Wildman–Crippen LogP) is 6.79. The Morgan fingerprint density at radius 2 is 1.61 bits per heavy atom. The molecule has 0 aliphatic carbocycles. The number of non-ortho nitro benzene ring substituents is 1. The Morgan fingerprint density at radius 3 is 2.13 bits per heavy atom. The van der Waals surface area contributed by atoms with Crippen LogP contribution in [0.1, 0.15) is 61.6 Å². The Balaban J connectivity index is 2.15. The van der Waals surface area contributed by atoms with Gasteiger partial charge in [-0.05, 0) is 0 Å². The fourth-order valence-corrected chi connectivity index (χ4v) is 13.2. The van der Waals surface area contributed by atoms with E-state index in [0.29, 0.717) is 0 Å². The summed E-state index contributed by atoms with van der Waals surface area (Å²) in [5.74, 6) is -0.551. The van der Waals surface area contributed by atoms with E-state index in [1.165, 1.54) is 24.3 Å². The Labute approximate surface area is 192 Å². The number of halogens is 1. The summed E-state index contributed by atoms with van der Waals surface area (Å²) < 4.78 is 14.0. The van der Waals surface area contributed by atoms with E-state index in [2.05, 4.69) is 13.8 Å². The molecule has 2 aromatic carbocycles. The number of nitrogens with zero attached hydrogens (tertiary/aromatic N) is 1. The van der Waals surface area contributed by atoms with Crippen molar-refractivity contribution in [3.8, 4) is 0 Å². The number of unbranched alkanes of at least 4 members (excludes halogenated alkanes) is 2. The molecule has 0 fully saturated rings. The predicted molar refractivity (Wildman–Crippen MR) is 125 cm³/mol. The van der Waals surface area contributed by atoms with E-state index in [4.69, 9.17) is 16.7 Å². The first-order valence-corrected chi connectivity index (χ1v) is 19.5. The van der Waals surface area contributed by atoms with Crippen LogP contribution in [0.3, 0.4) is 0 Å². The molecule has 1 atom stereocenters. The molecule has 0 N–H and O–H groups in total. The van der Waals surface area contributed by atoms with Crippen molar-refractivity contribution in [2.24, 2.45) is 0 Å². The molecule has 0 saturated heterocycles. The molecule has 0 saturated carbocycles. The summed E-state index contributed by atoms with van der Waals surface area (Å²) in [4.78, 5) is 23.1. The van der Waals surface area contributed by atoms with E-state index in [-0.39, 0.29) is 17.9 Å². The van der Waals surface area contributed by atoms with Gasteiger partial charge in [-0.15, -0.1) is 0 Å². The maximum atomic E-state index is 12.7. The number of esters is 1. The molecule has 0 radical (unpaired) electrons. The Bertz CT molecular complexity index is 824. The summed E-state index contributed by atoms with van der Waals surface area (Å²) in [6, 6.07) is 14.8. The standard InChI is InChI=1S/C15H12NO5.2C4H9.ClH.Sn/c17-10-14(11-4-2-1-3-5-11)21-15(18)12-6-8-13(9-7-12)16(19)20;2*1-3-4-2;;/h1-9,14H,10H2;2*1,3-4H2,2H3;1H;/q-1;;;;+2/p-1. The van der Waals surface area contributed by atoms with Crippen LogP contribution >= 0.6 is 8.92 Å². The number of rotatable bonds is 13. The normalized spacial score (nSPS) is 12.4. The zero-order valence-electron chi connectivity index (χ0n) is 18.1. The molecule has 0 aliphatic heterocycles. The van der Waals surface area contributed by atoms with E-state index < -0.39 is 34.7 Å². The molecule has 0 aliphatic rings. The number of benzene rings is 2. The first kappa shape index (κ1) is 25.6. The van der Waals surface area contributed by atoms with Crippen LogP contribution in [0.2, 0.25) is 8.87 Å². The summed E-state index contributed by atoms with van der Waals surface area (Å²) in [7, 11) is 7.01. The van der Waals surface area contributed by atoms with Gasteiger partial charge in [0.25, 0.3) is 0 Å². The topological polar surface area (TPSA) is 78.7 Å². The van der Waals surface area contributed by atoms with Crippen molar-refractivity contribution in [2.75, 3.05) is 6.61 Å². The first-order chi connectivity index (χ1) is 14.9. The van der Waals surface area contributed by atoms with Crippen LogP contribution in [-0.4, -0.2) is 35.2 Å². The SMILES string of the molecule is CCC[CH2][Sn]([Cl])([CH2]CCC)[O]CC(OC(=O)c1ccc([N+](=O)[O-])cc1)c1ccccc1. The van der Waals surface area contributed by atoms with Crippen molar-refractivity contribution in [2.45, 2.75) is 54.5 Å². The Morgan fingerprint density at radius 1 is 1.03 bits per heavy atom. The van der Waals surface area contributed by atoms with E-state index in [1.54, 1.807) is 0 Å². The van der Waals surface area contributed by atoms with Gasteiger partial charge in [-0.25, -0.2) is 0 Å². The van der Waals surface area contributed by atoms with Gasteiger partial charge in [-0.1, -0.05) is 0 Å². The van der Waals surface area contributed by atoms with Gasteiger partial charge < -0.3 is 0 Å². The van der Waals surface area contributed by atoms with Crippen molar-refractivity contribution in [3.63, 3.8) is 0 Å². The molecule has 0 bridgehead atoms. The molecule has 6 nitrogen and oxygen atoms in total. The van der Waals surface area contributed by atoms with Crippen molar-refractivity contribution < 1.29 is 17.5 Å². The van der Waals surface area contributed by atoms with Gasteiger partial charge in [-0.2, -0.15) is 0 Å². The van der Waals surface area contributed by atoms with Crippen molar-refractivity contribution in [3.05, 3.63) is 75.8 Å². The zero-order chi connectivity index (χ0) is 22.7. The monoisotopic (exact) mass is 555 g/mol. The Kier molecular flexibility index (Phi) is 10.8. The maximum absolute atomic E-state index is 12.7. The number of ether oxygens (including phenoxy) is 1. The molecule has 0 spiro atoms. The summed E-state index contributed by atoms with van der Waals surface area (Å²) in [5, 5.41) is 10.8. The second kappa shape index (κ2) is 13.0. The van der Waals surface area contributed by atoms with Crippen LogP contribution in [0.5, 0.6) is 0 Å². The molecule has 8 heteroatoms. The molecule has 31 heavy (non-hydrogen) atoms. The van der Waals surface area contributed by atoms with E-state index in [9.17, 15) is 14.9 Å². The van der Waals surface area contributed by atoms with Crippen LogP contribution in [0.4, 0.5) is 5.69 Å². The molecule has 2 aromatic rings. The van der Waals surface area contributed by atoms with Gasteiger partial charge in [0.2, 0.25) is 0 Å². The van der Waals surface area contributed by atoms with Crippen molar-refractivity contribution in [1.29, 1.82) is 0 Å². The second-order valence-corrected chi connectivity index (χ2v) is 20.8. The van der Waals surface area contributed by atoms with Gasteiger partial charge in [0.05, 0.1) is 0 Å². The number of carbonyl (C=O) groups excluding carboxylic acids is 1. The number of hydrogen-bond acceptors (Lipinski definition) is 5. The third-order valence-electron chi connectivity index (χ3n) is 5.04. The molecule has 0 amide bonds. The van der Waals surface area contributed by atoms with Crippen LogP contribution < -0.4 is 0 Å². The quantitative estimate of drug-likeness (QED) is 0.118. The van der Waals surface area contributed by atoms with Gasteiger partial charge in [0.1, 0.15) is 0 Å². The third kappa shape index (κ3) is 8.43. The molecule has 0 aromatic heterocycles. The van der Waals surface area contributed by atoms with Crippen LogP contribution in [0, 0.1) is 10.1 Å². The van der Waals surface area contributed by atoms with Crippen LogP contribution in [0.25, 0.3) is 0 Å². The van der Waals surface area contributed by atoms with E-state index in [1.807, 2.05) is 30.3 Å². The third-order valence-corrected chi connectivity index (χ3v) is 16.5. The number of nitro groups is 1. The molecule has 2 rings (SSSR count). The zero-order valence-corrected chi connectivity index (χ0v) is 21.7. The average Bonchev–Trinajstić information content (AvgIpc) is 2.79. The van der Waals surface area contributed by atoms with Crippen LogP contribution in [0.15, 0.2) is 54.6 Å². The summed E-state index contributed by atoms with van der Waals surface area (Å²) in [6.45, 7) is 4.50. The molecule has 168 valence electrons. The Hall–Kier alpha value is -1.64.